The summed E-state index contributed by atoms with van der Waals surface area (Å²) >= 11 is 6.84. The number of hydrogen-bond acceptors (Lipinski definition) is 6. The number of carbonyl (C=O) groups excluding carboxylic acids is 4. The van der Waals surface area contributed by atoms with Gasteiger partial charge in [-0.25, -0.2) is 0 Å². The summed E-state index contributed by atoms with van der Waals surface area (Å²) in [5.41, 5.74) is 5.36. The summed E-state index contributed by atoms with van der Waals surface area (Å²) in [4.78, 5) is 57.2. The highest BCUT2D eigenvalue weighted by Crippen LogP contribution is 2.64. The summed E-state index contributed by atoms with van der Waals surface area (Å²) < 4.78 is 0. The summed E-state index contributed by atoms with van der Waals surface area (Å²) in [6.45, 7) is 1.95. The van der Waals surface area contributed by atoms with Gasteiger partial charge in [-0.15, -0.1) is 0 Å². The van der Waals surface area contributed by atoms with Crippen LogP contribution in [0.15, 0.2) is 84.4 Å². The first-order chi connectivity index (χ1) is 20.6. The van der Waals surface area contributed by atoms with E-state index in [1.165, 1.54) is 24.1 Å². The summed E-state index contributed by atoms with van der Waals surface area (Å²) in [6.07, 6.45) is 2.55. The van der Waals surface area contributed by atoms with Gasteiger partial charge in [0.1, 0.15) is 5.75 Å². The molecule has 7 rings (SSSR count). The Hall–Kier alpha value is -4.43. The van der Waals surface area contributed by atoms with Crippen LogP contribution in [0.1, 0.15) is 35.4 Å². The van der Waals surface area contributed by atoms with Crippen LogP contribution in [0.5, 0.6) is 5.75 Å². The van der Waals surface area contributed by atoms with Gasteiger partial charge < -0.3 is 5.11 Å². The van der Waals surface area contributed by atoms with E-state index in [2.05, 4.69) is 5.43 Å². The zero-order valence-corrected chi connectivity index (χ0v) is 24.4. The number of rotatable bonds is 4. The molecule has 9 heteroatoms. The van der Waals surface area contributed by atoms with Gasteiger partial charge in [-0.2, -0.15) is 5.01 Å². The van der Waals surface area contributed by atoms with Crippen molar-refractivity contribution in [2.45, 2.75) is 31.1 Å². The molecule has 2 saturated heterocycles. The molecule has 6 atom stereocenters. The number of imide groups is 2. The Kier molecular flexibility index (Phi) is 6.25. The van der Waals surface area contributed by atoms with Gasteiger partial charge in [0.05, 0.1) is 28.9 Å². The SMILES string of the molecule is Cc1ccc(NN2C(=O)C3CC4C(=CCC5C(=O)N(C)C(=O)C54)C(c4ccc(O)cc4Cl)C3(c3ccccc3)C2=O)cc1. The Morgan fingerprint density at radius 1 is 0.907 bits per heavy atom. The predicted molar refractivity (Wildman–Crippen MR) is 160 cm³/mol. The van der Waals surface area contributed by atoms with Crippen LogP contribution in [0.3, 0.4) is 0 Å². The fraction of sp³-hybridized carbons (Fsp3) is 0.294. The first kappa shape index (κ1) is 27.4. The number of halogens is 1. The van der Waals surface area contributed by atoms with Crippen molar-refractivity contribution in [3.63, 3.8) is 0 Å². The Balaban J connectivity index is 1.47. The van der Waals surface area contributed by atoms with E-state index in [0.717, 1.165) is 16.1 Å². The van der Waals surface area contributed by atoms with Gasteiger partial charge in [-0.3, -0.25) is 29.5 Å². The van der Waals surface area contributed by atoms with E-state index in [1.807, 2.05) is 67.6 Å². The number of allylic oxidation sites excluding steroid dienone is 2. The number of phenolic OH excluding ortho intramolecular Hbond substituents is 1. The molecule has 0 spiro atoms. The quantitative estimate of drug-likeness (QED) is 0.326. The molecule has 3 aromatic rings. The predicted octanol–water partition coefficient (Wildman–Crippen LogP) is 4.97. The van der Waals surface area contributed by atoms with Crippen LogP contribution in [0.4, 0.5) is 5.69 Å². The first-order valence-corrected chi connectivity index (χ1v) is 14.8. The topological polar surface area (TPSA) is 107 Å². The number of aryl methyl sites for hydroxylation is 1. The van der Waals surface area contributed by atoms with E-state index in [1.54, 1.807) is 6.07 Å². The lowest BCUT2D eigenvalue weighted by molar-refractivity contribution is -0.140. The number of aromatic hydroxyl groups is 1. The molecule has 4 amide bonds. The van der Waals surface area contributed by atoms with Crippen molar-refractivity contribution in [1.82, 2.24) is 9.91 Å². The number of hydrazine groups is 1. The molecule has 0 bridgehead atoms. The van der Waals surface area contributed by atoms with Crippen LogP contribution in [0, 0.1) is 30.6 Å². The molecule has 2 N–H and O–H groups in total. The summed E-state index contributed by atoms with van der Waals surface area (Å²) in [6, 6.07) is 21.3. The van der Waals surface area contributed by atoms with E-state index in [0.29, 0.717) is 23.2 Å². The third kappa shape index (κ3) is 3.82. The highest BCUT2D eigenvalue weighted by atomic mass is 35.5. The molecule has 2 aliphatic heterocycles. The maximum absolute atomic E-state index is 15.0. The molecule has 6 unspecified atom stereocenters. The molecule has 3 aromatic carbocycles. The second kappa shape index (κ2) is 9.81. The Bertz CT molecular complexity index is 1720. The first-order valence-electron chi connectivity index (χ1n) is 14.4. The molecule has 43 heavy (non-hydrogen) atoms. The van der Waals surface area contributed by atoms with Gasteiger partial charge in [0.25, 0.3) is 11.8 Å². The Morgan fingerprint density at radius 3 is 2.33 bits per heavy atom. The molecule has 1 saturated carbocycles. The third-order valence-corrected chi connectivity index (χ3v) is 10.2. The van der Waals surface area contributed by atoms with Gasteiger partial charge in [0, 0.05) is 18.0 Å². The summed E-state index contributed by atoms with van der Waals surface area (Å²) in [5.74, 6) is -4.52. The van der Waals surface area contributed by atoms with Crippen molar-refractivity contribution in [1.29, 1.82) is 0 Å². The second-order valence-corrected chi connectivity index (χ2v) is 12.4. The molecule has 218 valence electrons. The zero-order valence-electron chi connectivity index (χ0n) is 23.7. The van der Waals surface area contributed by atoms with Crippen LogP contribution in [0.25, 0.3) is 0 Å². The average Bonchev–Trinajstić information content (AvgIpc) is 3.35. The van der Waals surface area contributed by atoms with Gasteiger partial charge in [0.15, 0.2) is 0 Å². The van der Waals surface area contributed by atoms with E-state index in [9.17, 15) is 24.3 Å². The molecule has 4 aliphatic rings. The van der Waals surface area contributed by atoms with Crippen LogP contribution in [0.2, 0.25) is 5.02 Å². The lowest BCUT2D eigenvalue weighted by atomic mass is 9.49. The molecular formula is C34H30ClN3O5. The lowest BCUT2D eigenvalue weighted by Gasteiger charge is -2.50. The van der Waals surface area contributed by atoms with Crippen LogP contribution >= 0.6 is 11.6 Å². The fourth-order valence-electron chi connectivity index (χ4n) is 8.00. The molecule has 0 radical (unpaired) electrons. The highest BCUT2D eigenvalue weighted by molar-refractivity contribution is 6.31. The number of fused-ring (bicyclic) bond motifs is 4. The van der Waals surface area contributed by atoms with Crippen LogP contribution in [-0.2, 0) is 24.6 Å². The molecule has 8 nitrogen and oxygen atoms in total. The number of carbonyl (C=O) groups is 4. The normalized spacial score (nSPS) is 29.7. The standard InChI is InChI=1S/C34H30ClN3O5/c1-18-8-10-20(11-9-18)36-38-31(41)26-17-25-22(14-15-24-28(25)32(42)37(2)30(24)40)29(23-13-12-21(39)16-27(23)35)34(26,33(38)43)19-6-4-3-5-7-19/h3-14,16,24-26,28-29,36,39H,15,17H2,1-2H3. The van der Waals surface area contributed by atoms with Crippen molar-refractivity contribution in [2.75, 3.05) is 12.5 Å². The average molecular weight is 596 g/mol. The monoisotopic (exact) mass is 595 g/mol. The molecular weight excluding hydrogens is 566 g/mol. The van der Waals surface area contributed by atoms with Crippen molar-refractivity contribution in [2.24, 2.45) is 23.7 Å². The number of hydrogen-bond donors (Lipinski definition) is 2. The smallest absolute Gasteiger partial charge is 0.260 e. The Labute approximate surface area is 253 Å². The van der Waals surface area contributed by atoms with E-state index in [4.69, 9.17) is 11.6 Å². The second-order valence-electron chi connectivity index (χ2n) is 12.0. The maximum Gasteiger partial charge on any atom is 0.260 e. The van der Waals surface area contributed by atoms with E-state index in [-0.39, 0.29) is 29.0 Å². The van der Waals surface area contributed by atoms with Gasteiger partial charge >= 0.3 is 0 Å². The van der Waals surface area contributed by atoms with Crippen molar-refractivity contribution < 1.29 is 24.3 Å². The minimum absolute atomic E-state index is 0.0289. The zero-order chi connectivity index (χ0) is 30.2. The molecule has 3 fully saturated rings. The maximum atomic E-state index is 15.0. The van der Waals surface area contributed by atoms with Crippen molar-refractivity contribution >= 4 is 40.9 Å². The number of phenols is 1. The number of amides is 4. The van der Waals surface area contributed by atoms with Crippen molar-refractivity contribution in [3.8, 4) is 5.75 Å². The van der Waals surface area contributed by atoms with Gasteiger partial charge in [-0.1, -0.05) is 77.3 Å². The lowest BCUT2D eigenvalue weighted by Crippen LogP contribution is -2.53. The molecule has 0 aromatic heterocycles. The number of likely N-dealkylation sites (tertiary alicyclic amines) is 1. The largest absolute Gasteiger partial charge is 0.508 e. The minimum Gasteiger partial charge on any atom is -0.508 e. The fourth-order valence-corrected chi connectivity index (χ4v) is 8.28. The number of anilines is 1. The number of nitrogens with one attached hydrogen (secondary N) is 1. The van der Waals surface area contributed by atoms with Crippen LogP contribution < -0.4 is 5.43 Å². The Morgan fingerprint density at radius 2 is 1.63 bits per heavy atom. The third-order valence-electron chi connectivity index (χ3n) is 9.91. The molecule has 2 heterocycles. The summed E-state index contributed by atoms with van der Waals surface area (Å²) in [5, 5.41) is 11.6. The van der Waals surface area contributed by atoms with Crippen LogP contribution in [-0.4, -0.2) is 45.7 Å². The van der Waals surface area contributed by atoms with Gasteiger partial charge in [-0.05, 0) is 61.1 Å². The highest BCUT2D eigenvalue weighted by Gasteiger charge is 2.70. The van der Waals surface area contributed by atoms with E-state index < -0.39 is 46.8 Å². The molecule has 2 aliphatic carbocycles. The van der Waals surface area contributed by atoms with Gasteiger partial charge in [0.2, 0.25) is 11.8 Å². The number of nitrogens with zero attached hydrogens (tertiary/aromatic N) is 2. The minimum atomic E-state index is -1.40. The van der Waals surface area contributed by atoms with E-state index >= 15 is 0 Å². The number of benzene rings is 3. The summed E-state index contributed by atoms with van der Waals surface area (Å²) in [7, 11) is 1.51. The van der Waals surface area contributed by atoms with Crippen molar-refractivity contribution in [3.05, 3.63) is 106 Å².